The first-order chi connectivity index (χ1) is 11.5. The van der Waals surface area contributed by atoms with Crippen LogP contribution >= 0.6 is 0 Å². The van der Waals surface area contributed by atoms with Gasteiger partial charge in [-0.25, -0.2) is 8.42 Å². The van der Waals surface area contributed by atoms with Crippen molar-refractivity contribution in [3.63, 3.8) is 0 Å². The minimum Gasteiger partial charge on any atom is -0.361 e. The number of benzene rings is 1. The summed E-state index contributed by atoms with van der Waals surface area (Å²) in [4.78, 5) is 14.3. The second kappa shape index (κ2) is 6.74. The van der Waals surface area contributed by atoms with Gasteiger partial charge in [-0.3, -0.25) is 4.79 Å². The van der Waals surface area contributed by atoms with Crippen LogP contribution in [0.1, 0.15) is 22.7 Å². The number of sulfonamides is 1. The summed E-state index contributed by atoms with van der Waals surface area (Å²) in [7, 11) is -3.53. The van der Waals surface area contributed by atoms with Crippen LogP contribution in [0.5, 0.6) is 0 Å². The molecule has 1 aromatic heterocycles. The van der Waals surface area contributed by atoms with Crippen LogP contribution in [0.25, 0.3) is 0 Å². The van der Waals surface area contributed by atoms with E-state index in [1.807, 2.05) is 0 Å². The highest BCUT2D eigenvalue weighted by molar-refractivity contribution is 7.89. The summed E-state index contributed by atoms with van der Waals surface area (Å²) < 4.78 is 31.7. The van der Waals surface area contributed by atoms with Crippen molar-refractivity contribution < 1.29 is 17.7 Å². The number of amides is 1. The molecule has 128 valence electrons. The van der Waals surface area contributed by atoms with Crippen LogP contribution in [0.4, 0.5) is 0 Å². The molecular weight excluding hydrogens is 330 g/mol. The van der Waals surface area contributed by atoms with Gasteiger partial charge in [-0.15, -0.1) is 0 Å². The van der Waals surface area contributed by atoms with Crippen LogP contribution < -0.4 is 0 Å². The van der Waals surface area contributed by atoms with Gasteiger partial charge in [0.05, 0.1) is 4.90 Å². The monoisotopic (exact) mass is 349 g/mol. The number of nitrogens with zero attached hydrogens (tertiary/aromatic N) is 3. The molecule has 0 bridgehead atoms. The highest BCUT2D eigenvalue weighted by Gasteiger charge is 2.29. The minimum absolute atomic E-state index is 0.231. The van der Waals surface area contributed by atoms with E-state index in [2.05, 4.69) is 5.16 Å². The second-order valence-corrected chi connectivity index (χ2v) is 7.62. The summed E-state index contributed by atoms with van der Waals surface area (Å²) >= 11 is 0. The first-order valence-corrected chi connectivity index (χ1v) is 9.20. The lowest BCUT2D eigenvalue weighted by atomic mass is 10.3. The Bertz CT molecular complexity index is 817. The molecule has 1 aromatic carbocycles. The van der Waals surface area contributed by atoms with Crippen LogP contribution in [0.15, 0.2) is 45.8 Å². The van der Waals surface area contributed by atoms with Crippen molar-refractivity contribution in [3.05, 3.63) is 47.9 Å². The maximum Gasteiger partial charge on any atom is 0.276 e. The molecule has 1 aliphatic heterocycles. The molecule has 24 heavy (non-hydrogen) atoms. The minimum atomic E-state index is -3.53. The van der Waals surface area contributed by atoms with Gasteiger partial charge in [-0.2, -0.15) is 4.31 Å². The van der Waals surface area contributed by atoms with Gasteiger partial charge in [-0.1, -0.05) is 23.4 Å². The van der Waals surface area contributed by atoms with Crippen LogP contribution in [0, 0.1) is 6.92 Å². The van der Waals surface area contributed by atoms with Crippen LogP contribution in [0.3, 0.4) is 0 Å². The number of rotatable bonds is 3. The molecule has 2 aromatic rings. The highest BCUT2D eigenvalue weighted by atomic mass is 32.2. The third kappa shape index (κ3) is 3.34. The second-order valence-electron chi connectivity index (χ2n) is 5.69. The lowest BCUT2D eigenvalue weighted by Crippen LogP contribution is -2.37. The lowest BCUT2D eigenvalue weighted by molar-refractivity contribution is 0.0754. The third-order valence-corrected chi connectivity index (χ3v) is 5.88. The van der Waals surface area contributed by atoms with E-state index in [1.54, 1.807) is 48.2 Å². The van der Waals surface area contributed by atoms with Crippen LogP contribution in [0.2, 0.25) is 0 Å². The van der Waals surface area contributed by atoms with Crippen LogP contribution in [-0.4, -0.2) is 54.9 Å². The molecule has 0 radical (unpaired) electrons. The van der Waals surface area contributed by atoms with E-state index < -0.39 is 10.0 Å². The van der Waals surface area contributed by atoms with E-state index in [-0.39, 0.29) is 23.0 Å². The molecule has 0 unspecified atom stereocenters. The number of hydrogen-bond donors (Lipinski definition) is 0. The van der Waals surface area contributed by atoms with E-state index in [0.29, 0.717) is 31.8 Å². The number of carbonyl (C=O) groups excluding carboxylic acids is 1. The molecule has 0 atom stereocenters. The Labute approximate surface area is 140 Å². The van der Waals surface area contributed by atoms with Gasteiger partial charge in [0.25, 0.3) is 5.91 Å². The first kappa shape index (κ1) is 16.7. The molecule has 3 rings (SSSR count). The van der Waals surface area contributed by atoms with Gasteiger partial charge >= 0.3 is 0 Å². The summed E-state index contributed by atoms with van der Waals surface area (Å²) in [6, 6.07) is 9.94. The Morgan fingerprint density at radius 1 is 1.12 bits per heavy atom. The molecule has 0 aliphatic carbocycles. The maximum atomic E-state index is 12.7. The van der Waals surface area contributed by atoms with Crippen molar-refractivity contribution in [2.75, 3.05) is 26.2 Å². The smallest absolute Gasteiger partial charge is 0.276 e. The normalized spacial score (nSPS) is 16.8. The fourth-order valence-corrected chi connectivity index (χ4v) is 4.20. The highest BCUT2D eigenvalue weighted by Crippen LogP contribution is 2.18. The molecule has 0 spiro atoms. The van der Waals surface area contributed by atoms with Crippen molar-refractivity contribution in [1.29, 1.82) is 0 Å². The average Bonchev–Trinajstić information content (AvgIpc) is 2.86. The number of carbonyl (C=O) groups is 1. The summed E-state index contributed by atoms with van der Waals surface area (Å²) in [6.45, 7) is 3.20. The molecule has 1 amide bonds. The average molecular weight is 349 g/mol. The Morgan fingerprint density at radius 3 is 2.54 bits per heavy atom. The summed E-state index contributed by atoms with van der Waals surface area (Å²) in [5.74, 6) is 0.340. The quantitative estimate of drug-likeness (QED) is 0.839. The van der Waals surface area contributed by atoms with Gasteiger partial charge in [0.15, 0.2) is 5.69 Å². The van der Waals surface area contributed by atoms with Gasteiger partial charge in [0.1, 0.15) is 5.76 Å². The van der Waals surface area contributed by atoms with Crippen molar-refractivity contribution in [2.24, 2.45) is 0 Å². The number of aryl methyl sites for hydroxylation is 1. The van der Waals surface area contributed by atoms with E-state index >= 15 is 0 Å². The molecule has 0 saturated carbocycles. The lowest BCUT2D eigenvalue weighted by Gasteiger charge is -2.21. The Balaban J connectivity index is 1.72. The molecule has 2 heterocycles. The van der Waals surface area contributed by atoms with Gasteiger partial charge in [0, 0.05) is 32.2 Å². The molecule has 8 heteroatoms. The Morgan fingerprint density at radius 2 is 1.88 bits per heavy atom. The Hall–Kier alpha value is -2.19. The number of hydrogen-bond acceptors (Lipinski definition) is 5. The fraction of sp³-hybridized carbons (Fsp3) is 0.375. The predicted octanol–water partition coefficient (Wildman–Crippen LogP) is 1.52. The number of aromatic nitrogens is 1. The molecule has 7 nitrogen and oxygen atoms in total. The molecule has 1 aliphatic rings. The van der Waals surface area contributed by atoms with Gasteiger partial charge in [0.2, 0.25) is 10.0 Å². The molecular formula is C16H19N3O4S. The first-order valence-electron chi connectivity index (χ1n) is 7.76. The van der Waals surface area contributed by atoms with E-state index in [9.17, 15) is 13.2 Å². The maximum absolute atomic E-state index is 12.7. The van der Waals surface area contributed by atoms with Gasteiger partial charge in [-0.05, 0) is 25.5 Å². The van der Waals surface area contributed by atoms with Crippen LogP contribution in [-0.2, 0) is 10.0 Å². The van der Waals surface area contributed by atoms with E-state index in [0.717, 1.165) is 0 Å². The molecule has 1 saturated heterocycles. The summed E-state index contributed by atoms with van der Waals surface area (Å²) in [5, 5.41) is 3.74. The van der Waals surface area contributed by atoms with Crippen molar-refractivity contribution in [3.8, 4) is 0 Å². The topological polar surface area (TPSA) is 83.7 Å². The fourth-order valence-electron chi connectivity index (χ4n) is 2.71. The zero-order chi connectivity index (χ0) is 17.2. The van der Waals surface area contributed by atoms with Crippen molar-refractivity contribution >= 4 is 15.9 Å². The third-order valence-electron chi connectivity index (χ3n) is 3.97. The van der Waals surface area contributed by atoms with Crippen molar-refractivity contribution in [1.82, 2.24) is 14.4 Å². The largest absolute Gasteiger partial charge is 0.361 e. The summed E-state index contributed by atoms with van der Waals surface area (Å²) in [5.41, 5.74) is 0.256. The molecule has 0 N–H and O–H groups in total. The predicted molar refractivity (Wildman–Crippen MR) is 87.0 cm³/mol. The van der Waals surface area contributed by atoms with E-state index in [4.69, 9.17) is 4.52 Å². The SMILES string of the molecule is Cc1cc(C(=O)N2CCCN(S(=O)(=O)c3ccccc3)CC2)no1. The zero-order valence-electron chi connectivity index (χ0n) is 13.4. The van der Waals surface area contributed by atoms with Crippen molar-refractivity contribution in [2.45, 2.75) is 18.2 Å². The summed E-state index contributed by atoms with van der Waals surface area (Å²) in [6.07, 6.45) is 0.578. The van der Waals surface area contributed by atoms with Gasteiger partial charge < -0.3 is 9.42 Å². The molecule has 1 fully saturated rings. The standard InChI is InChI=1S/C16H19N3O4S/c1-13-12-15(17-23-13)16(20)18-8-5-9-19(11-10-18)24(21,22)14-6-3-2-4-7-14/h2-4,6-7,12H,5,8-11H2,1H3. The zero-order valence-corrected chi connectivity index (χ0v) is 14.2. The Kier molecular flexibility index (Phi) is 4.68. The van der Waals surface area contributed by atoms with E-state index in [1.165, 1.54) is 4.31 Å².